The Morgan fingerprint density at radius 2 is 1.30 bits per heavy atom. The van der Waals surface area contributed by atoms with E-state index >= 15 is 0 Å². The zero-order chi connectivity index (χ0) is 30.8. The third-order valence-electron chi connectivity index (χ3n) is 10.2. The van der Waals surface area contributed by atoms with Gasteiger partial charge < -0.3 is 9.80 Å². The zero-order valence-electron chi connectivity index (χ0n) is 26.7. The second-order valence-electron chi connectivity index (χ2n) is 13.6. The summed E-state index contributed by atoms with van der Waals surface area (Å²) in [6.07, 6.45) is 14.5. The average molecular weight is 597 g/mol. The topological polar surface area (TPSA) is 6.48 Å². The first-order chi connectivity index (χ1) is 21.1. The van der Waals surface area contributed by atoms with Crippen LogP contribution in [-0.2, 0) is 10.8 Å². The normalized spacial score (nSPS) is 21.1. The largest absolute Gasteiger partial charge is 0.350 e. The van der Waals surface area contributed by atoms with Gasteiger partial charge in [0.1, 0.15) is 0 Å². The molecule has 0 saturated heterocycles. The number of allylic oxidation sites excluding steroid dienone is 9. The molecular weight excluding hydrogens is 556 g/mol. The number of rotatable bonds is 3. The number of hydrogen-bond donors (Lipinski definition) is 0. The summed E-state index contributed by atoms with van der Waals surface area (Å²) in [5.41, 5.74) is 10.1. The van der Waals surface area contributed by atoms with Gasteiger partial charge in [0, 0.05) is 53.2 Å². The minimum absolute atomic E-state index is 0.110. The van der Waals surface area contributed by atoms with Crippen molar-refractivity contribution in [2.45, 2.75) is 57.8 Å². The fourth-order valence-electron chi connectivity index (χ4n) is 7.82. The molecule has 1 aliphatic carbocycles. The molecule has 4 aromatic rings. The Balaban J connectivity index is 1.22. The Morgan fingerprint density at radius 1 is 0.682 bits per heavy atom. The van der Waals surface area contributed by atoms with Crippen molar-refractivity contribution < 1.29 is 0 Å². The molecule has 0 aromatic heterocycles. The Hall–Kier alpha value is -4.01. The van der Waals surface area contributed by atoms with Crippen LogP contribution in [0.4, 0.5) is 11.4 Å². The van der Waals surface area contributed by atoms with Crippen LogP contribution in [-0.4, -0.2) is 14.1 Å². The van der Waals surface area contributed by atoms with Gasteiger partial charge in [0.25, 0.3) is 0 Å². The molecule has 0 fully saturated rings. The Labute approximate surface area is 267 Å². The predicted molar refractivity (Wildman–Crippen MR) is 191 cm³/mol. The quantitative estimate of drug-likeness (QED) is 0.232. The van der Waals surface area contributed by atoms with Crippen LogP contribution in [0.5, 0.6) is 0 Å². The number of anilines is 2. The number of hydrogen-bond acceptors (Lipinski definition) is 2. The van der Waals surface area contributed by atoms with Gasteiger partial charge in [0.15, 0.2) is 0 Å². The van der Waals surface area contributed by atoms with Crippen molar-refractivity contribution >= 4 is 44.5 Å². The Morgan fingerprint density at radius 3 is 1.98 bits per heavy atom. The van der Waals surface area contributed by atoms with Gasteiger partial charge >= 0.3 is 0 Å². The molecule has 2 aliphatic heterocycles. The van der Waals surface area contributed by atoms with Crippen molar-refractivity contribution in [2.24, 2.45) is 0 Å². The Bertz CT molecular complexity index is 1980. The molecule has 3 heteroatoms. The molecule has 0 spiro atoms. The molecule has 0 N–H and O–H groups in total. The van der Waals surface area contributed by atoms with Crippen LogP contribution in [0.2, 0.25) is 0 Å². The van der Waals surface area contributed by atoms with Crippen LogP contribution in [0.15, 0.2) is 131 Å². The predicted octanol–water partition coefficient (Wildman–Crippen LogP) is 11.1. The molecule has 0 bridgehead atoms. The van der Waals surface area contributed by atoms with E-state index in [1.165, 1.54) is 66.5 Å². The molecule has 0 radical (unpaired) electrons. The van der Waals surface area contributed by atoms with E-state index in [2.05, 4.69) is 155 Å². The van der Waals surface area contributed by atoms with E-state index in [0.717, 1.165) is 24.3 Å². The standard InChI is InChI=1S/C41H41ClN2/c1-40(2)31(26-43(5)34-23-19-27-12-7-9-16-32(27)37(34)40)22-18-29-14-11-15-30(39(29)42)21-25-36-41(3,4)38-33-17-10-8-13-28(33)20-24-35(38)44(36)6/h7-10,12-13,16-26H,11,14-15H2,1-6H3/b22-18+,30-21+,36-25+. The summed E-state index contributed by atoms with van der Waals surface area (Å²) in [6.45, 7) is 9.38. The summed E-state index contributed by atoms with van der Waals surface area (Å²) < 4.78 is 0. The first-order valence-corrected chi connectivity index (χ1v) is 16.2. The lowest BCUT2D eigenvalue weighted by molar-refractivity contribution is 0.631. The smallest absolute Gasteiger partial charge is 0.0469 e. The minimum Gasteiger partial charge on any atom is -0.350 e. The summed E-state index contributed by atoms with van der Waals surface area (Å²) in [4.78, 5) is 4.62. The molecule has 4 aromatic carbocycles. The molecule has 0 atom stereocenters. The monoisotopic (exact) mass is 596 g/mol. The highest BCUT2D eigenvalue weighted by Crippen LogP contribution is 2.50. The van der Waals surface area contributed by atoms with E-state index in [-0.39, 0.29) is 10.8 Å². The summed E-state index contributed by atoms with van der Waals surface area (Å²) in [5.74, 6) is 0. The van der Waals surface area contributed by atoms with Crippen LogP contribution in [0, 0.1) is 0 Å². The fourth-order valence-corrected chi connectivity index (χ4v) is 8.13. The SMILES string of the molecule is CN1C=C(/C=C/C2=C(Cl)C(=C/C=C3/N(C)c4ccc5ccccc5c4C3(C)C)/CCC2)C(C)(C)c2c1ccc1ccccc21. The summed E-state index contributed by atoms with van der Waals surface area (Å²) in [5, 5.41) is 6.14. The van der Waals surface area contributed by atoms with E-state index in [9.17, 15) is 0 Å². The van der Waals surface area contributed by atoms with E-state index in [0.29, 0.717) is 0 Å². The summed E-state index contributed by atoms with van der Waals surface area (Å²) in [6, 6.07) is 26.5. The summed E-state index contributed by atoms with van der Waals surface area (Å²) in [7, 11) is 4.34. The number of likely N-dealkylation sites (N-methyl/N-ethyl adjacent to an activating group) is 1. The molecular formula is C41H41ClN2. The van der Waals surface area contributed by atoms with Crippen LogP contribution < -0.4 is 9.80 Å². The van der Waals surface area contributed by atoms with E-state index in [1.807, 2.05) is 0 Å². The molecule has 222 valence electrons. The van der Waals surface area contributed by atoms with Gasteiger partial charge in [-0.3, -0.25) is 0 Å². The van der Waals surface area contributed by atoms with Gasteiger partial charge in [-0.2, -0.15) is 0 Å². The zero-order valence-corrected chi connectivity index (χ0v) is 27.5. The second kappa shape index (κ2) is 10.6. The molecule has 0 amide bonds. The highest BCUT2D eigenvalue weighted by molar-refractivity contribution is 6.32. The maximum atomic E-state index is 7.17. The van der Waals surface area contributed by atoms with Crippen molar-refractivity contribution in [3.63, 3.8) is 0 Å². The maximum absolute atomic E-state index is 7.17. The van der Waals surface area contributed by atoms with Crippen molar-refractivity contribution in [3.05, 3.63) is 142 Å². The van der Waals surface area contributed by atoms with Gasteiger partial charge in [-0.1, -0.05) is 118 Å². The van der Waals surface area contributed by atoms with Crippen molar-refractivity contribution in [3.8, 4) is 0 Å². The van der Waals surface area contributed by atoms with E-state index in [4.69, 9.17) is 11.6 Å². The van der Waals surface area contributed by atoms with Crippen LogP contribution in [0.1, 0.15) is 58.1 Å². The number of nitrogens with zero attached hydrogens (tertiary/aromatic N) is 2. The first kappa shape index (κ1) is 28.7. The van der Waals surface area contributed by atoms with Gasteiger partial charge in [-0.15, -0.1) is 0 Å². The second-order valence-corrected chi connectivity index (χ2v) is 14.0. The third kappa shape index (κ3) is 4.46. The van der Waals surface area contributed by atoms with Gasteiger partial charge in [0.05, 0.1) is 0 Å². The Kier molecular flexibility index (Phi) is 6.90. The number of benzene rings is 4. The van der Waals surface area contributed by atoms with Gasteiger partial charge in [-0.25, -0.2) is 0 Å². The minimum atomic E-state index is -0.137. The van der Waals surface area contributed by atoms with E-state index in [1.54, 1.807) is 0 Å². The molecule has 0 unspecified atom stereocenters. The molecule has 2 heterocycles. The van der Waals surface area contributed by atoms with Crippen molar-refractivity contribution in [1.82, 2.24) is 0 Å². The lowest BCUT2D eigenvalue weighted by Crippen LogP contribution is -2.30. The molecule has 3 aliphatic rings. The van der Waals surface area contributed by atoms with Gasteiger partial charge in [0.2, 0.25) is 0 Å². The fraction of sp³-hybridized carbons (Fsp3) is 0.268. The summed E-state index contributed by atoms with van der Waals surface area (Å²) >= 11 is 7.17. The highest BCUT2D eigenvalue weighted by atomic mass is 35.5. The van der Waals surface area contributed by atoms with Crippen LogP contribution in [0.3, 0.4) is 0 Å². The average Bonchev–Trinajstić information content (AvgIpc) is 3.21. The van der Waals surface area contributed by atoms with Crippen molar-refractivity contribution in [1.29, 1.82) is 0 Å². The van der Waals surface area contributed by atoms with E-state index < -0.39 is 0 Å². The molecule has 2 nitrogen and oxygen atoms in total. The van der Waals surface area contributed by atoms with Crippen LogP contribution >= 0.6 is 11.6 Å². The molecule has 44 heavy (non-hydrogen) atoms. The van der Waals surface area contributed by atoms with Crippen LogP contribution in [0.25, 0.3) is 21.5 Å². The molecule has 7 rings (SSSR count). The highest BCUT2D eigenvalue weighted by Gasteiger charge is 2.39. The first-order valence-electron chi connectivity index (χ1n) is 15.8. The van der Waals surface area contributed by atoms with Crippen molar-refractivity contribution in [2.75, 3.05) is 23.9 Å². The third-order valence-corrected chi connectivity index (χ3v) is 10.7. The van der Waals surface area contributed by atoms with Gasteiger partial charge in [-0.05, 0) is 86.9 Å². The molecule has 0 saturated carbocycles. The number of fused-ring (bicyclic) bond motifs is 6. The lowest BCUT2D eigenvalue weighted by atomic mass is 9.73. The lowest BCUT2D eigenvalue weighted by Gasteiger charge is -2.38. The number of halogens is 1. The maximum Gasteiger partial charge on any atom is 0.0469 e.